The van der Waals surface area contributed by atoms with Crippen molar-refractivity contribution in [1.82, 2.24) is 10.6 Å². The van der Waals surface area contributed by atoms with Gasteiger partial charge in [-0.2, -0.15) is 0 Å². The number of nitrogens with one attached hydrogen (secondary N) is 2. The van der Waals surface area contributed by atoms with Crippen molar-refractivity contribution in [3.8, 4) is 0 Å². The van der Waals surface area contributed by atoms with E-state index in [-0.39, 0.29) is 18.4 Å². The smallest absolute Gasteiger partial charge is 0.325 e. The molecule has 2 atom stereocenters. The van der Waals surface area contributed by atoms with Gasteiger partial charge >= 0.3 is 5.97 Å². The molecule has 0 aromatic carbocycles. The average Bonchev–Trinajstić information content (AvgIpc) is 2.18. The van der Waals surface area contributed by atoms with Crippen LogP contribution in [0.4, 0.5) is 0 Å². The molecule has 1 fully saturated rings. The summed E-state index contributed by atoms with van der Waals surface area (Å²) in [5.41, 5.74) is 0. The summed E-state index contributed by atoms with van der Waals surface area (Å²) in [4.78, 5) is 21.8. The fourth-order valence-corrected chi connectivity index (χ4v) is 1.34. The van der Waals surface area contributed by atoms with Crippen molar-refractivity contribution < 1.29 is 19.4 Å². The van der Waals surface area contributed by atoms with Crippen molar-refractivity contribution in [3.05, 3.63) is 0 Å². The number of aliphatic carboxylic acids is 1. The number of carbonyl (C=O) groups is 2. The molecule has 0 aromatic rings. The molecule has 1 aliphatic heterocycles. The van der Waals surface area contributed by atoms with Crippen LogP contribution in [-0.2, 0) is 14.3 Å². The van der Waals surface area contributed by atoms with Gasteiger partial charge in [0.25, 0.3) is 0 Å². The van der Waals surface area contributed by atoms with Gasteiger partial charge in [-0.3, -0.25) is 9.59 Å². The van der Waals surface area contributed by atoms with Gasteiger partial charge in [-0.1, -0.05) is 0 Å². The summed E-state index contributed by atoms with van der Waals surface area (Å²) in [7, 11) is 0. The predicted molar refractivity (Wildman–Crippen MR) is 52.5 cm³/mol. The Morgan fingerprint density at radius 3 is 2.93 bits per heavy atom. The zero-order valence-electron chi connectivity index (χ0n) is 8.66. The van der Waals surface area contributed by atoms with Gasteiger partial charge in [-0.15, -0.1) is 0 Å². The van der Waals surface area contributed by atoms with Gasteiger partial charge in [0.15, 0.2) is 0 Å². The van der Waals surface area contributed by atoms with Crippen molar-refractivity contribution >= 4 is 11.9 Å². The molecule has 1 rings (SSSR count). The lowest BCUT2D eigenvalue weighted by atomic mass is 10.2. The quantitative estimate of drug-likeness (QED) is 0.558. The highest BCUT2D eigenvalue weighted by Crippen LogP contribution is 1.98. The highest BCUT2D eigenvalue weighted by atomic mass is 16.5. The van der Waals surface area contributed by atoms with Gasteiger partial charge in [-0.25, -0.2) is 0 Å². The Kier molecular flexibility index (Phi) is 4.51. The summed E-state index contributed by atoms with van der Waals surface area (Å²) in [6.07, 6.45) is 0.248. The number of carboxylic acid groups (broad SMARTS) is 1. The molecular formula is C9H16N2O4. The van der Waals surface area contributed by atoms with Crippen LogP contribution in [0.2, 0.25) is 0 Å². The lowest BCUT2D eigenvalue weighted by molar-refractivity contribution is -0.141. The van der Waals surface area contributed by atoms with Gasteiger partial charge in [0.1, 0.15) is 6.04 Å². The molecule has 0 saturated carbocycles. The molecule has 0 aliphatic carbocycles. The summed E-state index contributed by atoms with van der Waals surface area (Å²) in [5, 5.41) is 14.1. The maximum absolute atomic E-state index is 11.4. The van der Waals surface area contributed by atoms with E-state index in [2.05, 4.69) is 10.6 Å². The lowest BCUT2D eigenvalue weighted by Gasteiger charge is -2.23. The van der Waals surface area contributed by atoms with Crippen molar-refractivity contribution in [2.24, 2.45) is 0 Å². The molecule has 6 nitrogen and oxygen atoms in total. The van der Waals surface area contributed by atoms with E-state index in [0.717, 1.165) is 6.54 Å². The van der Waals surface area contributed by atoms with Gasteiger partial charge in [-0.05, 0) is 6.92 Å². The highest BCUT2D eigenvalue weighted by molar-refractivity contribution is 5.83. The number of rotatable bonds is 4. The molecular weight excluding hydrogens is 200 g/mol. The van der Waals surface area contributed by atoms with E-state index in [9.17, 15) is 9.59 Å². The third-order valence-corrected chi connectivity index (χ3v) is 2.18. The van der Waals surface area contributed by atoms with Crippen LogP contribution < -0.4 is 10.6 Å². The van der Waals surface area contributed by atoms with Crippen LogP contribution in [0.3, 0.4) is 0 Å². The van der Waals surface area contributed by atoms with Crippen LogP contribution in [0.15, 0.2) is 0 Å². The van der Waals surface area contributed by atoms with Gasteiger partial charge < -0.3 is 20.5 Å². The van der Waals surface area contributed by atoms with Crippen LogP contribution in [-0.4, -0.2) is 48.8 Å². The van der Waals surface area contributed by atoms with E-state index >= 15 is 0 Å². The fraction of sp³-hybridized carbons (Fsp3) is 0.778. The number of ether oxygens (including phenoxy) is 1. The average molecular weight is 216 g/mol. The third-order valence-electron chi connectivity index (χ3n) is 2.18. The molecule has 0 spiro atoms. The number of carbonyl (C=O) groups excluding carboxylic acids is 1. The zero-order chi connectivity index (χ0) is 11.3. The van der Waals surface area contributed by atoms with E-state index < -0.39 is 12.0 Å². The van der Waals surface area contributed by atoms with Gasteiger partial charge in [0.05, 0.1) is 13.2 Å². The first-order valence-electron chi connectivity index (χ1n) is 4.93. The number of amides is 1. The van der Waals surface area contributed by atoms with E-state index in [1.54, 1.807) is 0 Å². The second-order valence-electron chi connectivity index (χ2n) is 3.56. The molecule has 86 valence electrons. The Bertz CT molecular complexity index is 238. The van der Waals surface area contributed by atoms with Crippen LogP contribution in [0.25, 0.3) is 0 Å². The molecule has 1 aliphatic rings. The Morgan fingerprint density at radius 1 is 1.67 bits per heavy atom. The second kappa shape index (κ2) is 5.67. The van der Waals surface area contributed by atoms with E-state index in [1.165, 1.54) is 6.92 Å². The van der Waals surface area contributed by atoms with E-state index in [1.807, 2.05) is 0 Å². The summed E-state index contributed by atoms with van der Waals surface area (Å²) in [6.45, 7) is 3.32. The number of morpholine rings is 1. The van der Waals surface area contributed by atoms with Crippen molar-refractivity contribution in [1.29, 1.82) is 0 Å². The van der Waals surface area contributed by atoms with Gasteiger partial charge in [0.2, 0.25) is 5.91 Å². The van der Waals surface area contributed by atoms with Crippen LogP contribution in [0.5, 0.6) is 0 Å². The SMILES string of the molecule is C[C@@H](NC(=O)CC1COCCN1)C(=O)O. The number of hydrogen-bond acceptors (Lipinski definition) is 4. The van der Waals surface area contributed by atoms with Crippen molar-refractivity contribution in [2.75, 3.05) is 19.8 Å². The fourth-order valence-electron chi connectivity index (χ4n) is 1.34. The molecule has 6 heteroatoms. The Balaban J connectivity index is 2.25. The highest BCUT2D eigenvalue weighted by Gasteiger charge is 2.19. The minimum absolute atomic E-state index is 0.0141. The minimum Gasteiger partial charge on any atom is -0.480 e. The molecule has 3 N–H and O–H groups in total. The second-order valence-corrected chi connectivity index (χ2v) is 3.56. The number of hydrogen-bond donors (Lipinski definition) is 3. The molecule has 1 unspecified atom stereocenters. The first kappa shape index (κ1) is 11.9. The predicted octanol–water partition coefficient (Wildman–Crippen LogP) is -1.05. The number of carboxylic acids is 1. The van der Waals surface area contributed by atoms with Crippen molar-refractivity contribution in [2.45, 2.75) is 25.4 Å². The first-order chi connectivity index (χ1) is 7.09. The van der Waals surface area contributed by atoms with Crippen LogP contribution >= 0.6 is 0 Å². The Hall–Kier alpha value is -1.14. The molecule has 15 heavy (non-hydrogen) atoms. The maximum atomic E-state index is 11.4. The molecule has 0 radical (unpaired) electrons. The molecule has 0 aromatic heterocycles. The molecule has 1 saturated heterocycles. The normalized spacial score (nSPS) is 23.1. The largest absolute Gasteiger partial charge is 0.480 e. The minimum atomic E-state index is -1.03. The summed E-state index contributed by atoms with van der Waals surface area (Å²) in [5.74, 6) is -1.30. The summed E-state index contributed by atoms with van der Waals surface area (Å²) >= 11 is 0. The van der Waals surface area contributed by atoms with Crippen molar-refractivity contribution in [3.63, 3.8) is 0 Å². The third kappa shape index (κ3) is 4.26. The summed E-state index contributed by atoms with van der Waals surface area (Å²) < 4.78 is 5.18. The molecule has 1 amide bonds. The monoisotopic (exact) mass is 216 g/mol. The lowest BCUT2D eigenvalue weighted by Crippen LogP contribution is -2.46. The van der Waals surface area contributed by atoms with Crippen LogP contribution in [0.1, 0.15) is 13.3 Å². The maximum Gasteiger partial charge on any atom is 0.325 e. The topological polar surface area (TPSA) is 87.7 Å². The van der Waals surface area contributed by atoms with E-state index in [0.29, 0.717) is 13.2 Å². The van der Waals surface area contributed by atoms with Crippen LogP contribution in [0, 0.1) is 0 Å². The first-order valence-corrected chi connectivity index (χ1v) is 4.93. The zero-order valence-corrected chi connectivity index (χ0v) is 8.66. The molecule has 0 bridgehead atoms. The summed E-state index contributed by atoms with van der Waals surface area (Å²) in [6, 6.07) is -0.859. The van der Waals surface area contributed by atoms with Gasteiger partial charge in [0, 0.05) is 19.0 Å². The van der Waals surface area contributed by atoms with E-state index in [4.69, 9.17) is 9.84 Å². The Morgan fingerprint density at radius 2 is 2.40 bits per heavy atom. The molecule has 1 heterocycles. The Labute approximate surface area is 88.0 Å². The standard InChI is InChI=1S/C9H16N2O4/c1-6(9(13)14)11-8(12)4-7-5-15-3-2-10-7/h6-7,10H,2-5H2,1H3,(H,11,12)(H,13,14)/t6-,7?/m1/s1.